The van der Waals surface area contributed by atoms with Gasteiger partial charge in [0.25, 0.3) is 0 Å². The normalized spacial score (nSPS) is 12.6. The maximum atomic E-state index is 12.2. The van der Waals surface area contributed by atoms with Gasteiger partial charge in [-0.3, -0.25) is 4.79 Å². The summed E-state index contributed by atoms with van der Waals surface area (Å²) in [7, 11) is 0. The van der Waals surface area contributed by atoms with E-state index in [0.717, 1.165) is 32.7 Å². The first-order valence-electron chi connectivity index (χ1n) is 8.10. The number of benzene rings is 2. The fourth-order valence-corrected chi connectivity index (χ4v) is 3.89. The third-order valence-corrected chi connectivity index (χ3v) is 5.55. The molecule has 0 saturated heterocycles. The number of fused-ring (bicyclic) bond motifs is 1. The molecule has 0 aliphatic carbocycles. The summed E-state index contributed by atoms with van der Waals surface area (Å²) in [5.41, 5.74) is 1.82. The highest BCUT2D eigenvalue weighted by Gasteiger charge is 2.12. The smallest absolute Gasteiger partial charge is 0.234 e. The molecule has 0 radical (unpaired) electrons. The van der Waals surface area contributed by atoms with Crippen molar-refractivity contribution in [1.82, 2.24) is 4.98 Å². The van der Waals surface area contributed by atoms with E-state index in [1.165, 1.54) is 11.8 Å². The minimum atomic E-state index is -0.0492. The van der Waals surface area contributed by atoms with Gasteiger partial charge in [-0.2, -0.15) is 0 Å². The van der Waals surface area contributed by atoms with E-state index in [4.69, 9.17) is 9.47 Å². The van der Waals surface area contributed by atoms with E-state index in [1.54, 1.807) is 17.5 Å². The Bertz CT molecular complexity index is 896. The molecule has 5 nitrogen and oxygen atoms in total. The molecule has 0 atom stereocenters. The van der Waals surface area contributed by atoms with Crippen LogP contribution >= 0.6 is 23.1 Å². The number of amides is 1. The molecule has 0 unspecified atom stereocenters. The summed E-state index contributed by atoms with van der Waals surface area (Å²) in [5, 5.41) is 5.83. The lowest BCUT2D eigenvalue weighted by molar-refractivity contribution is -0.113. The number of carbonyl (C=O) groups excluding carboxylic acids is 1. The molecule has 1 aliphatic heterocycles. The summed E-state index contributed by atoms with van der Waals surface area (Å²) >= 11 is 3.06. The number of rotatable bonds is 5. The summed E-state index contributed by atoms with van der Waals surface area (Å²) in [5.74, 6) is 1.77. The van der Waals surface area contributed by atoms with E-state index in [0.29, 0.717) is 19.0 Å². The Labute approximate surface area is 159 Å². The van der Waals surface area contributed by atoms with Crippen molar-refractivity contribution in [1.29, 1.82) is 0 Å². The predicted molar refractivity (Wildman–Crippen MR) is 104 cm³/mol. The second-order valence-corrected chi connectivity index (χ2v) is 7.50. The van der Waals surface area contributed by atoms with Gasteiger partial charge in [-0.15, -0.1) is 23.1 Å². The van der Waals surface area contributed by atoms with Crippen LogP contribution in [0.5, 0.6) is 11.5 Å². The number of carbonyl (C=O) groups is 1. The monoisotopic (exact) mass is 384 g/mol. The number of hydrogen-bond donors (Lipinski definition) is 1. The lowest BCUT2D eigenvalue weighted by atomic mass is 10.2. The Balaban J connectivity index is 1.32. The number of nitrogens with zero attached hydrogens (tertiary/aromatic N) is 1. The van der Waals surface area contributed by atoms with Crippen LogP contribution in [0.3, 0.4) is 0 Å². The SMILES string of the molecule is O=C(CSc1ccc2c(c1)OCCO2)Nc1ccc(-c2nccs2)cc1. The standard InChI is InChI=1S/C19H16N2O3S2/c22-18(12-26-15-5-6-16-17(11-15)24-9-8-23-16)21-14-3-1-13(2-4-14)19-20-7-10-25-19/h1-7,10-11H,8-9,12H2,(H,21,22). The molecular weight excluding hydrogens is 368 g/mol. The topological polar surface area (TPSA) is 60.5 Å². The van der Waals surface area contributed by atoms with Gasteiger partial charge in [0, 0.05) is 27.7 Å². The van der Waals surface area contributed by atoms with E-state index in [2.05, 4.69) is 10.3 Å². The number of nitrogens with one attached hydrogen (secondary N) is 1. The minimum Gasteiger partial charge on any atom is -0.486 e. The van der Waals surface area contributed by atoms with Gasteiger partial charge in [-0.1, -0.05) is 0 Å². The van der Waals surface area contributed by atoms with Crippen molar-refractivity contribution in [2.45, 2.75) is 4.90 Å². The first kappa shape index (κ1) is 16.9. The van der Waals surface area contributed by atoms with Crippen LogP contribution in [0.25, 0.3) is 10.6 Å². The molecule has 0 spiro atoms. The van der Waals surface area contributed by atoms with Crippen LogP contribution in [-0.4, -0.2) is 29.9 Å². The van der Waals surface area contributed by atoms with Crippen molar-refractivity contribution in [3.05, 3.63) is 54.0 Å². The zero-order chi connectivity index (χ0) is 17.8. The molecule has 1 aliphatic rings. The van der Waals surface area contributed by atoms with Crippen LogP contribution in [0.2, 0.25) is 0 Å². The van der Waals surface area contributed by atoms with Crippen LogP contribution in [0, 0.1) is 0 Å². The van der Waals surface area contributed by atoms with Gasteiger partial charge in [0.15, 0.2) is 11.5 Å². The molecule has 2 aromatic carbocycles. The zero-order valence-electron chi connectivity index (χ0n) is 13.8. The molecule has 1 amide bonds. The summed E-state index contributed by atoms with van der Waals surface area (Å²) in [6, 6.07) is 13.4. The fourth-order valence-electron chi connectivity index (χ4n) is 2.52. The summed E-state index contributed by atoms with van der Waals surface area (Å²) < 4.78 is 11.1. The summed E-state index contributed by atoms with van der Waals surface area (Å²) in [6.45, 7) is 1.13. The van der Waals surface area contributed by atoms with Crippen molar-refractivity contribution in [3.63, 3.8) is 0 Å². The van der Waals surface area contributed by atoms with E-state index in [9.17, 15) is 4.79 Å². The van der Waals surface area contributed by atoms with Crippen molar-refractivity contribution in [3.8, 4) is 22.1 Å². The van der Waals surface area contributed by atoms with Gasteiger partial charge in [-0.05, 0) is 42.5 Å². The number of anilines is 1. The van der Waals surface area contributed by atoms with E-state index in [1.807, 2.05) is 47.8 Å². The number of thiazole rings is 1. The Morgan fingerprint density at radius 1 is 1.12 bits per heavy atom. The lowest BCUT2D eigenvalue weighted by Gasteiger charge is -2.18. The predicted octanol–water partition coefficient (Wildman–Crippen LogP) is 4.31. The average molecular weight is 384 g/mol. The summed E-state index contributed by atoms with van der Waals surface area (Å²) in [6.07, 6.45) is 1.78. The Kier molecular flexibility index (Phi) is 5.08. The second kappa shape index (κ2) is 7.80. The molecule has 26 heavy (non-hydrogen) atoms. The molecule has 0 bridgehead atoms. The van der Waals surface area contributed by atoms with Gasteiger partial charge in [-0.25, -0.2) is 4.98 Å². The van der Waals surface area contributed by atoms with Gasteiger partial charge in [0.2, 0.25) is 5.91 Å². The average Bonchev–Trinajstić information content (AvgIpc) is 3.22. The highest BCUT2D eigenvalue weighted by molar-refractivity contribution is 8.00. The number of hydrogen-bond acceptors (Lipinski definition) is 6. The molecule has 7 heteroatoms. The highest BCUT2D eigenvalue weighted by Crippen LogP contribution is 2.34. The van der Waals surface area contributed by atoms with Gasteiger partial charge >= 0.3 is 0 Å². The quantitative estimate of drug-likeness (QED) is 0.664. The van der Waals surface area contributed by atoms with Gasteiger partial charge in [0.05, 0.1) is 5.75 Å². The first-order chi connectivity index (χ1) is 12.8. The van der Waals surface area contributed by atoms with Gasteiger partial charge in [0.1, 0.15) is 18.2 Å². The maximum absolute atomic E-state index is 12.2. The van der Waals surface area contributed by atoms with E-state index in [-0.39, 0.29) is 5.91 Å². The maximum Gasteiger partial charge on any atom is 0.234 e. The lowest BCUT2D eigenvalue weighted by Crippen LogP contribution is -2.15. The molecule has 1 aromatic heterocycles. The Morgan fingerprint density at radius 2 is 1.92 bits per heavy atom. The molecule has 132 valence electrons. The molecule has 2 heterocycles. The number of aromatic nitrogens is 1. The van der Waals surface area contributed by atoms with Crippen LogP contribution in [0.15, 0.2) is 58.9 Å². The molecular formula is C19H16N2O3S2. The van der Waals surface area contributed by atoms with Crippen molar-refractivity contribution >= 4 is 34.7 Å². The third kappa shape index (κ3) is 4.00. The summed E-state index contributed by atoms with van der Waals surface area (Å²) in [4.78, 5) is 17.4. The molecule has 0 fully saturated rings. The van der Waals surface area contributed by atoms with Crippen LogP contribution in [-0.2, 0) is 4.79 Å². The zero-order valence-corrected chi connectivity index (χ0v) is 15.4. The van der Waals surface area contributed by atoms with Crippen LogP contribution in [0.1, 0.15) is 0 Å². The second-order valence-electron chi connectivity index (χ2n) is 5.56. The highest BCUT2D eigenvalue weighted by atomic mass is 32.2. The Morgan fingerprint density at radius 3 is 2.69 bits per heavy atom. The Hall–Kier alpha value is -2.51. The molecule has 4 rings (SSSR count). The first-order valence-corrected chi connectivity index (χ1v) is 9.97. The van der Waals surface area contributed by atoms with E-state index < -0.39 is 0 Å². The molecule has 0 saturated carbocycles. The van der Waals surface area contributed by atoms with E-state index >= 15 is 0 Å². The van der Waals surface area contributed by atoms with Crippen molar-refractivity contribution in [2.75, 3.05) is 24.3 Å². The van der Waals surface area contributed by atoms with Crippen LogP contribution in [0.4, 0.5) is 5.69 Å². The largest absolute Gasteiger partial charge is 0.486 e. The molecule has 3 aromatic rings. The van der Waals surface area contributed by atoms with Crippen molar-refractivity contribution < 1.29 is 14.3 Å². The number of ether oxygens (including phenoxy) is 2. The number of thioether (sulfide) groups is 1. The molecule has 1 N–H and O–H groups in total. The minimum absolute atomic E-state index is 0.0492. The third-order valence-electron chi connectivity index (χ3n) is 3.73. The fraction of sp³-hybridized carbons (Fsp3) is 0.158. The van der Waals surface area contributed by atoms with Crippen LogP contribution < -0.4 is 14.8 Å². The van der Waals surface area contributed by atoms with Crippen molar-refractivity contribution in [2.24, 2.45) is 0 Å². The van der Waals surface area contributed by atoms with Gasteiger partial charge < -0.3 is 14.8 Å².